The summed E-state index contributed by atoms with van der Waals surface area (Å²) in [4.78, 5) is 4.17. The van der Waals surface area contributed by atoms with E-state index in [1.807, 2.05) is 12.1 Å². The van der Waals surface area contributed by atoms with Crippen LogP contribution in [0.2, 0.25) is 0 Å². The first-order chi connectivity index (χ1) is 7.31. The number of hydrogen-bond donors (Lipinski definition) is 0. The highest BCUT2D eigenvalue weighted by atomic mass is 16.5. The van der Waals surface area contributed by atoms with Crippen LogP contribution in [0.3, 0.4) is 0 Å². The lowest BCUT2D eigenvalue weighted by atomic mass is 10.1. The molecule has 2 aromatic rings. The molecule has 0 spiro atoms. The Morgan fingerprint density at radius 2 is 1.80 bits per heavy atom. The molecule has 1 heterocycles. The monoisotopic (exact) mass is 199 g/mol. The van der Waals surface area contributed by atoms with Gasteiger partial charge in [0, 0.05) is 11.8 Å². The highest BCUT2D eigenvalue weighted by Gasteiger charge is 2.04. The highest BCUT2D eigenvalue weighted by molar-refractivity contribution is 5.68. The third kappa shape index (κ3) is 1.99. The second-order valence-corrected chi connectivity index (χ2v) is 3.43. The summed E-state index contributed by atoms with van der Waals surface area (Å²) >= 11 is 0. The van der Waals surface area contributed by atoms with Crippen LogP contribution in [0.1, 0.15) is 5.56 Å². The van der Waals surface area contributed by atoms with Gasteiger partial charge in [-0.05, 0) is 24.6 Å². The van der Waals surface area contributed by atoms with Crippen molar-refractivity contribution in [3.8, 4) is 17.0 Å². The van der Waals surface area contributed by atoms with Crippen molar-refractivity contribution in [1.82, 2.24) is 4.98 Å². The molecule has 0 aliphatic rings. The summed E-state index contributed by atoms with van der Waals surface area (Å²) in [7, 11) is 1.64. The van der Waals surface area contributed by atoms with E-state index in [1.165, 1.54) is 5.56 Å². The number of aryl methyl sites for hydroxylation is 1. The molecule has 0 N–H and O–H groups in total. The molecule has 0 unspecified atom stereocenters. The SMILES string of the molecule is COc1ncccc1-c1ccc(C)cc1. The van der Waals surface area contributed by atoms with Crippen LogP contribution in [0.15, 0.2) is 42.6 Å². The second kappa shape index (κ2) is 4.13. The van der Waals surface area contributed by atoms with Gasteiger partial charge in [-0.25, -0.2) is 4.98 Å². The summed E-state index contributed by atoms with van der Waals surface area (Å²) in [5.74, 6) is 0.668. The third-order valence-corrected chi connectivity index (χ3v) is 2.33. The fourth-order valence-corrected chi connectivity index (χ4v) is 1.51. The smallest absolute Gasteiger partial charge is 0.221 e. The summed E-state index contributed by atoms with van der Waals surface area (Å²) in [5, 5.41) is 0. The molecular formula is C13H13NO. The Morgan fingerprint density at radius 1 is 1.07 bits per heavy atom. The van der Waals surface area contributed by atoms with E-state index in [-0.39, 0.29) is 0 Å². The Balaban J connectivity index is 2.49. The van der Waals surface area contributed by atoms with Crippen molar-refractivity contribution in [2.75, 3.05) is 7.11 Å². The quantitative estimate of drug-likeness (QED) is 0.741. The predicted octanol–water partition coefficient (Wildman–Crippen LogP) is 3.07. The van der Waals surface area contributed by atoms with Crippen molar-refractivity contribution >= 4 is 0 Å². The van der Waals surface area contributed by atoms with Gasteiger partial charge in [0.25, 0.3) is 0 Å². The minimum absolute atomic E-state index is 0.668. The van der Waals surface area contributed by atoms with Gasteiger partial charge >= 0.3 is 0 Å². The number of rotatable bonds is 2. The standard InChI is InChI=1S/C13H13NO/c1-10-5-7-11(8-6-10)12-4-3-9-14-13(12)15-2/h3-9H,1-2H3. The molecule has 0 saturated heterocycles. The average Bonchev–Trinajstić information content (AvgIpc) is 2.30. The van der Waals surface area contributed by atoms with E-state index < -0.39 is 0 Å². The number of benzene rings is 1. The van der Waals surface area contributed by atoms with Gasteiger partial charge in [0.15, 0.2) is 0 Å². The predicted molar refractivity (Wildman–Crippen MR) is 61.0 cm³/mol. The molecule has 0 bridgehead atoms. The molecule has 2 heteroatoms. The normalized spacial score (nSPS) is 10.0. The van der Waals surface area contributed by atoms with Crippen LogP contribution in [0.4, 0.5) is 0 Å². The van der Waals surface area contributed by atoms with E-state index >= 15 is 0 Å². The molecular weight excluding hydrogens is 186 g/mol. The second-order valence-electron chi connectivity index (χ2n) is 3.43. The number of methoxy groups -OCH3 is 1. The fourth-order valence-electron chi connectivity index (χ4n) is 1.51. The number of ether oxygens (including phenoxy) is 1. The van der Waals surface area contributed by atoms with E-state index in [0.717, 1.165) is 11.1 Å². The maximum Gasteiger partial charge on any atom is 0.221 e. The molecule has 2 rings (SSSR count). The van der Waals surface area contributed by atoms with Crippen molar-refractivity contribution in [2.24, 2.45) is 0 Å². The van der Waals surface area contributed by atoms with Crippen LogP contribution < -0.4 is 4.74 Å². The first kappa shape index (κ1) is 9.71. The minimum atomic E-state index is 0.668. The summed E-state index contributed by atoms with van der Waals surface area (Å²) < 4.78 is 5.22. The molecule has 0 saturated carbocycles. The number of pyridine rings is 1. The number of nitrogens with zero attached hydrogens (tertiary/aromatic N) is 1. The van der Waals surface area contributed by atoms with Gasteiger partial charge < -0.3 is 4.74 Å². The molecule has 1 aromatic heterocycles. The zero-order valence-corrected chi connectivity index (χ0v) is 8.90. The first-order valence-electron chi connectivity index (χ1n) is 4.87. The van der Waals surface area contributed by atoms with E-state index in [2.05, 4.69) is 36.2 Å². The van der Waals surface area contributed by atoms with Gasteiger partial charge in [-0.1, -0.05) is 29.8 Å². The summed E-state index contributed by atoms with van der Waals surface area (Å²) in [6, 6.07) is 12.3. The lowest BCUT2D eigenvalue weighted by Gasteiger charge is -2.06. The highest BCUT2D eigenvalue weighted by Crippen LogP contribution is 2.27. The topological polar surface area (TPSA) is 22.1 Å². The molecule has 15 heavy (non-hydrogen) atoms. The fraction of sp³-hybridized carbons (Fsp3) is 0.154. The summed E-state index contributed by atoms with van der Waals surface area (Å²) in [6.07, 6.45) is 1.73. The van der Waals surface area contributed by atoms with E-state index in [9.17, 15) is 0 Å². The van der Waals surface area contributed by atoms with Gasteiger partial charge in [0.2, 0.25) is 5.88 Å². The molecule has 2 nitrogen and oxygen atoms in total. The van der Waals surface area contributed by atoms with Crippen LogP contribution in [-0.4, -0.2) is 12.1 Å². The Hall–Kier alpha value is -1.83. The van der Waals surface area contributed by atoms with Crippen molar-refractivity contribution in [3.63, 3.8) is 0 Å². The van der Waals surface area contributed by atoms with Gasteiger partial charge in [-0.2, -0.15) is 0 Å². The Morgan fingerprint density at radius 3 is 2.47 bits per heavy atom. The third-order valence-electron chi connectivity index (χ3n) is 2.33. The summed E-state index contributed by atoms with van der Waals surface area (Å²) in [5.41, 5.74) is 3.41. The zero-order valence-electron chi connectivity index (χ0n) is 8.90. The van der Waals surface area contributed by atoms with Crippen molar-refractivity contribution in [2.45, 2.75) is 6.92 Å². The van der Waals surface area contributed by atoms with Crippen LogP contribution in [0.5, 0.6) is 5.88 Å². The van der Waals surface area contributed by atoms with Crippen LogP contribution in [-0.2, 0) is 0 Å². The van der Waals surface area contributed by atoms with Crippen LogP contribution in [0, 0.1) is 6.92 Å². The maximum atomic E-state index is 5.22. The average molecular weight is 199 g/mol. The lowest BCUT2D eigenvalue weighted by molar-refractivity contribution is 0.399. The van der Waals surface area contributed by atoms with Crippen LogP contribution >= 0.6 is 0 Å². The van der Waals surface area contributed by atoms with Crippen molar-refractivity contribution < 1.29 is 4.74 Å². The Bertz CT molecular complexity index is 448. The van der Waals surface area contributed by atoms with E-state index in [4.69, 9.17) is 4.74 Å². The molecule has 76 valence electrons. The molecule has 0 aliphatic heterocycles. The number of hydrogen-bond acceptors (Lipinski definition) is 2. The maximum absolute atomic E-state index is 5.22. The van der Waals surface area contributed by atoms with Crippen LogP contribution in [0.25, 0.3) is 11.1 Å². The number of aromatic nitrogens is 1. The molecule has 0 amide bonds. The molecule has 1 aromatic carbocycles. The first-order valence-corrected chi connectivity index (χ1v) is 4.87. The molecule has 0 radical (unpaired) electrons. The Labute approximate surface area is 89.6 Å². The molecule has 0 fully saturated rings. The van der Waals surface area contributed by atoms with E-state index in [0.29, 0.717) is 5.88 Å². The Kier molecular flexibility index (Phi) is 2.68. The van der Waals surface area contributed by atoms with E-state index in [1.54, 1.807) is 13.3 Å². The summed E-state index contributed by atoms with van der Waals surface area (Å²) in [6.45, 7) is 2.07. The molecule has 0 atom stereocenters. The van der Waals surface area contributed by atoms with Gasteiger partial charge in [0.05, 0.1) is 7.11 Å². The van der Waals surface area contributed by atoms with Crippen molar-refractivity contribution in [3.05, 3.63) is 48.2 Å². The van der Waals surface area contributed by atoms with Gasteiger partial charge in [-0.15, -0.1) is 0 Å². The van der Waals surface area contributed by atoms with Gasteiger partial charge in [-0.3, -0.25) is 0 Å². The largest absolute Gasteiger partial charge is 0.481 e. The molecule has 0 aliphatic carbocycles. The minimum Gasteiger partial charge on any atom is -0.481 e. The lowest BCUT2D eigenvalue weighted by Crippen LogP contribution is -1.90. The zero-order chi connectivity index (χ0) is 10.7. The van der Waals surface area contributed by atoms with Crippen molar-refractivity contribution in [1.29, 1.82) is 0 Å². The van der Waals surface area contributed by atoms with Gasteiger partial charge in [0.1, 0.15) is 0 Å².